The van der Waals surface area contributed by atoms with Crippen LogP contribution in [0, 0.1) is 12.3 Å². The average Bonchev–Trinajstić information content (AvgIpc) is 3.12. The Morgan fingerprint density at radius 1 is 1.21 bits per heavy atom. The van der Waals surface area contributed by atoms with Crippen molar-refractivity contribution in [3.05, 3.63) is 65.0 Å². The highest BCUT2D eigenvalue weighted by atomic mass is 16.2. The van der Waals surface area contributed by atoms with E-state index in [9.17, 15) is 4.79 Å². The summed E-state index contributed by atoms with van der Waals surface area (Å²) in [5.41, 5.74) is 6.92. The number of aromatic nitrogens is 2. The molecular weight excluding hydrogens is 346 g/mol. The van der Waals surface area contributed by atoms with Crippen LogP contribution >= 0.6 is 0 Å². The molecule has 2 aliphatic rings. The fourth-order valence-corrected chi connectivity index (χ4v) is 5.59. The molecule has 28 heavy (non-hydrogen) atoms. The maximum atomic E-state index is 13.5. The summed E-state index contributed by atoms with van der Waals surface area (Å²) in [5, 5.41) is 0. The lowest BCUT2D eigenvalue weighted by atomic mass is 9.50. The Morgan fingerprint density at radius 3 is 2.86 bits per heavy atom. The van der Waals surface area contributed by atoms with E-state index in [0.717, 1.165) is 36.0 Å². The van der Waals surface area contributed by atoms with E-state index >= 15 is 0 Å². The number of fused-ring (bicyclic) bond motifs is 5. The molecule has 1 aliphatic heterocycles. The van der Waals surface area contributed by atoms with Crippen LogP contribution in [0.2, 0.25) is 0 Å². The molecule has 4 heteroatoms. The number of hydrogen-bond donors (Lipinski definition) is 1. The molecule has 1 saturated heterocycles. The second kappa shape index (κ2) is 5.69. The summed E-state index contributed by atoms with van der Waals surface area (Å²) >= 11 is 0. The van der Waals surface area contributed by atoms with Gasteiger partial charge in [-0.2, -0.15) is 0 Å². The molecule has 144 valence electrons. The number of piperidine rings is 1. The molecule has 2 atom stereocenters. The van der Waals surface area contributed by atoms with Gasteiger partial charge in [0.25, 0.3) is 5.91 Å². The number of H-pyrrole nitrogens is 1. The third-order valence-electron chi connectivity index (χ3n) is 7.81. The second-order valence-electron chi connectivity index (χ2n) is 9.26. The van der Waals surface area contributed by atoms with Crippen LogP contribution in [0.25, 0.3) is 11.0 Å². The molecule has 1 aromatic heterocycles. The van der Waals surface area contributed by atoms with Crippen LogP contribution in [0.4, 0.5) is 0 Å². The van der Waals surface area contributed by atoms with Crippen LogP contribution in [-0.2, 0) is 11.8 Å². The van der Waals surface area contributed by atoms with Crippen molar-refractivity contribution in [2.75, 3.05) is 6.54 Å². The molecule has 2 bridgehead atoms. The number of aromatic amines is 1. The highest BCUT2D eigenvalue weighted by Gasteiger charge is 2.56. The summed E-state index contributed by atoms with van der Waals surface area (Å²) in [6.45, 7) is 10.1. The Bertz CT molecular complexity index is 1100. The Labute approximate surface area is 166 Å². The SMILES string of the molecule is Cc1cccc2c1CC1N(C(=O)c3ccc4nc[nH]c4c3)CC[C@]2(C)C1(C)C. The van der Waals surface area contributed by atoms with Gasteiger partial charge in [-0.3, -0.25) is 4.79 Å². The van der Waals surface area contributed by atoms with Gasteiger partial charge in [-0.1, -0.05) is 39.0 Å². The minimum atomic E-state index is 0.0137. The van der Waals surface area contributed by atoms with E-state index in [2.05, 4.69) is 60.8 Å². The highest BCUT2D eigenvalue weighted by molar-refractivity contribution is 5.97. The molecule has 0 spiro atoms. The Balaban J connectivity index is 1.58. The van der Waals surface area contributed by atoms with Gasteiger partial charge in [0.1, 0.15) is 0 Å². The van der Waals surface area contributed by atoms with Crippen LogP contribution in [0.15, 0.2) is 42.7 Å². The summed E-state index contributed by atoms with van der Waals surface area (Å²) in [6, 6.07) is 12.7. The van der Waals surface area contributed by atoms with Crippen molar-refractivity contribution in [1.82, 2.24) is 14.9 Å². The first-order valence-electron chi connectivity index (χ1n) is 10.2. The quantitative estimate of drug-likeness (QED) is 0.676. The fourth-order valence-electron chi connectivity index (χ4n) is 5.59. The minimum Gasteiger partial charge on any atom is -0.345 e. The van der Waals surface area contributed by atoms with E-state index in [1.54, 1.807) is 6.33 Å². The van der Waals surface area contributed by atoms with Crippen LogP contribution in [0.3, 0.4) is 0 Å². The van der Waals surface area contributed by atoms with Gasteiger partial charge < -0.3 is 9.88 Å². The van der Waals surface area contributed by atoms with Crippen molar-refractivity contribution in [1.29, 1.82) is 0 Å². The van der Waals surface area contributed by atoms with E-state index < -0.39 is 0 Å². The maximum Gasteiger partial charge on any atom is 0.254 e. The molecule has 2 heterocycles. The normalized spacial score (nSPS) is 25.6. The lowest BCUT2D eigenvalue weighted by Gasteiger charge is -2.61. The number of nitrogens with one attached hydrogen (secondary N) is 1. The number of carbonyl (C=O) groups is 1. The summed E-state index contributed by atoms with van der Waals surface area (Å²) in [6.07, 6.45) is 3.60. The van der Waals surface area contributed by atoms with Gasteiger partial charge in [-0.05, 0) is 60.1 Å². The monoisotopic (exact) mass is 373 g/mol. The zero-order chi connectivity index (χ0) is 19.7. The zero-order valence-electron chi connectivity index (χ0n) is 17.0. The first kappa shape index (κ1) is 17.5. The van der Waals surface area contributed by atoms with Crippen molar-refractivity contribution in [2.24, 2.45) is 5.41 Å². The molecule has 4 nitrogen and oxygen atoms in total. The van der Waals surface area contributed by atoms with Crippen LogP contribution in [-0.4, -0.2) is 33.4 Å². The number of aryl methyl sites for hydroxylation is 1. The molecule has 1 fully saturated rings. The van der Waals surface area contributed by atoms with Crippen LogP contribution < -0.4 is 0 Å². The van der Waals surface area contributed by atoms with E-state index in [-0.39, 0.29) is 22.8 Å². The molecule has 3 aromatic rings. The predicted molar refractivity (Wildman–Crippen MR) is 112 cm³/mol. The first-order valence-corrected chi connectivity index (χ1v) is 10.2. The summed E-state index contributed by atoms with van der Waals surface area (Å²) in [4.78, 5) is 23.1. The smallest absolute Gasteiger partial charge is 0.254 e. The number of nitrogens with zero attached hydrogens (tertiary/aromatic N) is 2. The van der Waals surface area contributed by atoms with Gasteiger partial charge in [-0.15, -0.1) is 0 Å². The summed E-state index contributed by atoms with van der Waals surface area (Å²) < 4.78 is 0. The highest BCUT2D eigenvalue weighted by Crippen LogP contribution is 2.56. The van der Waals surface area contributed by atoms with Crippen molar-refractivity contribution in [3.8, 4) is 0 Å². The Morgan fingerprint density at radius 2 is 2.04 bits per heavy atom. The van der Waals surface area contributed by atoms with Crippen LogP contribution in [0.1, 0.15) is 54.2 Å². The van der Waals surface area contributed by atoms with E-state index in [0.29, 0.717) is 0 Å². The number of likely N-dealkylation sites (tertiary alicyclic amines) is 1. The number of benzene rings is 2. The van der Waals surface area contributed by atoms with Gasteiger partial charge in [-0.25, -0.2) is 4.98 Å². The Kier molecular flexibility index (Phi) is 3.55. The van der Waals surface area contributed by atoms with Crippen molar-refractivity contribution < 1.29 is 4.79 Å². The summed E-state index contributed by atoms with van der Waals surface area (Å²) in [7, 11) is 0. The molecule has 0 saturated carbocycles. The van der Waals surface area contributed by atoms with Crippen molar-refractivity contribution in [3.63, 3.8) is 0 Å². The zero-order valence-corrected chi connectivity index (χ0v) is 17.0. The number of amides is 1. The number of hydrogen-bond acceptors (Lipinski definition) is 2. The third-order valence-corrected chi connectivity index (χ3v) is 7.81. The van der Waals surface area contributed by atoms with Gasteiger partial charge >= 0.3 is 0 Å². The minimum absolute atomic E-state index is 0.0137. The molecular formula is C24H27N3O. The number of carbonyl (C=O) groups excluding carboxylic acids is 1. The predicted octanol–water partition coefficient (Wildman–Crippen LogP) is 4.63. The van der Waals surface area contributed by atoms with Gasteiger partial charge in [0.05, 0.1) is 17.4 Å². The second-order valence-corrected chi connectivity index (χ2v) is 9.26. The molecule has 0 radical (unpaired) electrons. The standard InChI is InChI=1S/C24H27N3O/c1-15-6-5-7-18-17(15)13-21-23(2,3)24(18,4)10-11-27(21)22(28)16-8-9-19-20(12-16)26-14-25-19/h5-9,12,14,21H,10-11,13H2,1-4H3,(H,25,26)/t21?,24-/m0/s1. The molecule has 1 aliphatic carbocycles. The van der Waals surface area contributed by atoms with E-state index in [4.69, 9.17) is 0 Å². The lowest BCUT2D eigenvalue weighted by Crippen LogP contribution is -2.65. The Hall–Kier alpha value is -2.62. The molecule has 1 unspecified atom stereocenters. The average molecular weight is 374 g/mol. The first-order chi connectivity index (χ1) is 13.3. The van der Waals surface area contributed by atoms with Crippen molar-refractivity contribution in [2.45, 2.75) is 52.0 Å². The van der Waals surface area contributed by atoms with Gasteiger partial charge in [0.2, 0.25) is 0 Å². The molecule has 1 amide bonds. The number of imidazole rings is 1. The van der Waals surface area contributed by atoms with Gasteiger partial charge in [0.15, 0.2) is 0 Å². The largest absolute Gasteiger partial charge is 0.345 e. The molecule has 1 N–H and O–H groups in total. The van der Waals surface area contributed by atoms with E-state index in [1.807, 2.05) is 18.2 Å². The van der Waals surface area contributed by atoms with Gasteiger partial charge in [0, 0.05) is 23.6 Å². The lowest BCUT2D eigenvalue weighted by molar-refractivity contribution is -0.0263. The summed E-state index contributed by atoms with van der Waals surface area (Å²) in [5.74, 6) is 0.133. The van der Waals surface area contributed by atoms with E-state index in [1.165, 1.54) is 16.7 Å². The fraction of sp³-hybridized carbons (Fsp3) is 0.417. The van der Waals surface area contributed by atoms with Crippen molar-refractivity contribution >= 4 is 16.9 Å². The molecule has 2 aromatic carbocycles. The topological polar surface area (TPSA) is 49.0 Å². The third kappa shape index (κ3) is 2.17. The maximum absolute atomic E-state index is 13.5. The number of rotatable bonds is 1. The molecule has 5 rings (SSSR count). The van der Waals surface area contributed by atoms with Crippen LogP contribution in [0.5, 0.6) is 0 Å².